The van der Waals surface area contributed by atoms with E-state index in [2.05, 4.69) is 12.2 Å². The summed E-state index contributed by atoms with van der Waals surface area (Å²) >= 11 is 0. The maximum atomic E-state index is 12.3. The molecule has 1 fully saturated rings. The summed E-state index contributed by atoms with van der Waals surface area (Å²) < 4.78 is 22.4. The van der Waals surface area contributed by atoms with Crippen LogP contribution in [-0.2, 0) is 14.8 Å². The Kier molecular flexibility index (Phi) is 5.20. The van der Waals surface area contributed by atoms with E-state index in [-0.39, 0.29) is 16.8 Å². The molecule has 0 saturated carbocycles. The van der Waals surface area contributed by atoms with E-state index >= 15 is 0 Å². The number of likely N-dealkylation sites (tertiary alicyclic amines) is 1. The number of amides is 1. The van der Waals surface area contributed by atoms with Gasteiger partial charge >= 0.3 is 0 Å². The molecule has 1 heterocycles. The van der Waals surface area contributed by atoms with Crippen LogP contribution in [0.3, 0.4) is 0 Å². The summed E-state index contributed by atoms with van der Waals surface area (Å²) in [7, 11) is -3.70. The van der Waals surface area contributed by atoms with E-state index in [0.29, 0.717) is 11.6 Å². The average molecular weight is 326 g/mol. The van der Waals surface area contributed by atoms with Crippen molar-refractivity contribution >= 4 is 21.6 Å². The lowest BCUT2D eigenvalue weighted by atomic mass is 9.99. The number of primary sulfonamides is 1. The van der Waals surface area contributed by atoms with Crippen LogP contribution in [0.5, 0.6) is 0 Å². The number of sulfonamides is 1. The van der Waals surface area contributed by atoms with Crippen LogP contribution >= 0.6 is 0 Å². The predicted molar refractivity (Wildman–Crippen MR) is 85.0 cm³/mol. The molecule has 1 unspecified atom stereocenters. The standard InChI is InChI=1S/C15H23N3O3S/c1-11-4-3-9-18(10-11)12(2)15(19)17-13-5-7-14(8-6-13)22(16,20)21/h5-8,11-12H,3-4,9-10H2,1-2H3,(H,17,19)(H2,16,20,21)/p+1/t11-,12-/m1/s1. The first kappa shape index (κ1) is 16.9. The second-order valence-electron chi connectivity index (χ2n) is 6.14. The lowest BCUT2D eigenvalue weighted by molar-refractivity contribution is -0.922. The van der Waals surface area contributed by atoms with Gasteiger partial charge in [0.05, 0.1) is 18.0 Å². The number of hydrogen-bond donors (Lipinski definition) is 3. The van der Waals surface area contributed by atoms with Gasteiger partial charge in [-0.05, 0) is 44.0 Å². The molecule has 7 heteroatoms. The largest absolute Gasteiger partial charge is 0.325 e. The van der Waals surface area contributed by atoms with Crippen LogP contribution in [0.1, 0.15) is 26.7 Å². The molecule has 1 amide bonds. The van der Waals surface area contributed by atoms with E-state index in [1.807, 2.05) is 6.92 Å². The Morgan fingerprint density at radius 3 is 2.55 bits per heavy atom. The van der Waals surface area contributed by atoms with Crippen molar-refractivity contribution in [3.8, 4) is 0 Å². The van der Waals surface area contributed by atoms with Gasteiger partial charge < -0.3 is 10.2 Å². The molecule has 3 atom stereocenters. The SMILES string of the molecule is C[C@@H]1CCC[NH+]([C@H](C)C(=O)Nc2ccc(S(N)(=O)=O)cc2)C1. The Morgan fingerprint density at radius 2 is 2.00 bits per heavy atom. The van der Waals surface area contributed by atoms with Crippen molar-refractivity contribution in [2.24, 2.45) is 11.1 Å². The molecule has 122 valence electrons. The number of benzene rings is 1. The summed E-state index contributed by atoms with van der Waals surface area (Å²) in [6.07, 6.45) is 2.38. The van der Waals surface area contributed by atoms with E-state index in [4.69, 9.17) is 5.14 Å². The summed E-state index contributed by atoms with van der Waals surface area (Å²) in [4.78, 5) is 13.7. The van der Waals surface area contributed by atoms with Gasteiger partial charge in [0.2, 0.25) is 10.0 Å². The topological polar surface area (TPSA) is 93.7 Å². The van der Waals surface area contributed by atoms with Crippen LogP contribution < -0.4 is 15.4 Å². The highest BCUT2D eigenvalue weighted by Crippen LogP contribution is 2.13. The fraction of sp³-hybridized carbons (Fsp3) is 0.533. The molecule has 0 spiro atoms. The maximum absolute atomic E-state index is 12.3. The number of hydrogen-bond acceptors (Lipinski definition) is 3. The fourth-order valence-corrected chi connectivity index (χ4v) is 3.40. The zero-order valence-electron chi connectivity index (χ0n) is 13.0. The quantitative estimate of drug-likeness (QED) is 0.726. The molecular formula is C15H24N3O3S+. The van der Waals surface area contributed by atoms with Crippen molar-refractivity contribution in [1.82, 2.24) is 0 Å². The first-order valence-corrected chi connectivity index (χ1v) is 9.10. The number of carbonyl (C=O) groups excluding carboxylic acids is 1. The van der Waals surface area contributed by atoms with Crippen LogP contribution in [0.25, 0.3) is 0 Å². The normalized spacial score (nSPS) is 23.8. The Balaban J connectivity index is 1.99. The first-order chi connectivity index (χ1) is 10.3. The van der Waals surface area contributed by atoms with Crippen molar-refractivity contribution in [3.05, 3.63) is 24.3 Å². The van der Waals surface area contributed by atoms with Gasteiger partial charge in [-0.1, -0.05) is 6.92 Å². The Bertz CT molecular complexity index is 628. The van der Waals surface area contributed by atoms with Crippen LogP contribution in [0, 0.1) is 5.92 Å². The van der Waals surface area contributed by atoms with Crippen LogP contribution in [-0.4, -0.2) is 33.5 Å². The van der Waals surface area contributed by atoms with Crippen LogP contribution in [0.4, 0.5) is 5.69 Å². The smallest absolute Gasteiger partial charge is 0.282 e. The summed E-state index contributed by atoms with van der Waals surface area (Å²) in [5.41, 5.74) is 0.578. The van der Waals surface area contributed by atoms with E-state index < -0.39 is 10.0 Å². The lowest BCUT2D eigenvalue weighted by Gasteiger charge is -2.31. The molecule has 1 saturated heterocycles. The minimum absolute atomic E-state index is 0.0361. The van der Waals surface area contributed by atoms with Crippen LogP contribution in [0.15, 0.2) is 29.2 Å². The fourth-order valence-electron chi connectivity index (χ4n) is 2.89. The minimum Gasteiger partial charge on any atom is -0.325 e. The maximum Gasteiger partial charge on any atom is 0.282 e. The third-order valence-corrected chi connectivity index (χ3v) is 5.19. The van der Waals surface area contributed by atoms with Gasteiger partial charge in [-0.2, -0.15) is 0 Å². The highest BCUT2D eigenvalue weighted by atomic mass is 32.2. The second kappa shape index (κ2) is 6.76. The average Bonchev–Trinajstić information content (AvgIpc) is 2.46. The molecule has 4 N–H and O–H groups in total. The molecule has 1 aliphatic rings. The van der Waals surface area contributed by atoms with E-state index in [9.17, 15) is 13.2 Å². The summed E-state index contributed by atoms with van der Waals surface area (Å²) in [5.74, 6) is 0.598. The van der Waals surface area contributed by atoms with Gasteiger partial charge in [-0.3, -0.25) is 4.79 Å². The summed E-state index contributed by atoms with van der Waals surface area (Å²) in [6, 6.07) is 5.77. The lowest BCUT2D eigenvalue weighted by Crippen LogP contribution is -3.17. The molecule has 0 bridgehead atoms. The molecule has 1 aliphatic heterocycles. The summed E-state index contributed by atoms with van der Waals surface area (Å²) in [5, 5.41) is 7.89. The molecule has 22 heavy (non-hydrogen) atoms. The molecule has 1 aromatic carbocycles. The highest BCUT2D eigenvalue weighted by Gasteiger charge is 2.29. The van der Waals surface area contributed by atoms with Crippen molar-refractivity contribution in [1.29, 1.82) is 0 Å². The highest BCUT2D eigenvalue weighted by molar-refractivity contribution is 7.89. The molecule has 0 aliphatic carbocycles. The number of carbonyl (C=O) groups is 1. The molecule has 1 aromatic rings. The van der Waals surface area contributed by atoms with Crippen molar-refractivity contribution in [2.45, 2.75) is 37.6 Å². The third-order valence-electron chi connectivity index (χ3n) is 4.26. The number of rotatable bonds is 4. The van der Waals surface area contributed by atoms with Gasteiger partial charge in [-0.15, -0.1) is 0 Å². The number of nitrogens with two attached hydrogens (primary N) is 1. The number of anilines is 1. The number of piperidine rings is 1. The molecular weight excluding hydrogens is 302 g/mol. The molecule has 2 rings (SSSR count). The Labute approximate surface area is 131 Å². The van der Waals surface area contributed by atoms with Crippen molar-refractivity contribution in [2.75, 3.05) is 18.4 Å². The van der Waals surface area contributed by atoms with Gasteiger partial charge in [0, 0.05) is 11.6 Å². The van der Waals surface area contributed by atoms with E-state index in [1.165, 1.54) is 23.5 Å². The second-order valence-corrected chi connectivity index (χ2v) is 7.70. The zero-order chi connectivity index (χ0) is 16.3. The predicted octanol–water partition coefficient (Wildman–Crippen LogP) is -0.0242. The van der Waals surface area contributed by atoms with Crippen molar-refractivity contribution < 1.29 is 18.1 Å². The molecule has 0 radical (unpaired) electrons. The summed E-state index contributed by atoms with van der Waals surface area (Å²) in [6.45, 7) is 6.18. The van der Waals surface area contributed by atoms with Gasteiger partial charge in [0.15, 0.2) is 6.04 Å². The Hall–Kier alpha value is -1.44. The number of quaternary nitrogens is 1. The van der Waals surface area contributed by atoms with Crippen molar-refractivity contribution in [3.63, 3.8) is 0 Å². The van der Waals surface area contributed by atoms with Gasteiger partial charge in [-0.25, -0.2) is 13.6 Å². The molecule has 0 aromatic heterocycles. The van der Waals surface area contributed by atoms with Gasteiger partial charge in [0.1, 0.15) is 0 Å². The van der Waals surface area contributed by atoms with E-state index in [0.717, 1.165) is 19.5 Å². The third kappa shape index (κ3) is 4.28. The molecule has 6 nitrogen and oxygen atoms in total. The monoisotopic (exact) mass is 326 g/mol. The van der Waals surface area contributed by atoms with Crippen LogP contribution in [0.2, 0.25) is 0 Å². The number of nitrogens with one attached hydrogen (secondary N) is 2. The first-order valence-electron chi connectivity index (χ1n) is 7.55. The van der Waals surface area contributed by atoms with E-state index in [1.54, 1.807) is 12.1 Å². The Morgan fingerprint density at radius 1 is 1.36 bits per heavy atom. The zero-order valence-corrected chi connectivity index (χ0v) is 13.8. The van der Waals surface area contributed by atoms with Gasteiger partial charge in [0.25, 0.3) is 5.91 Å². The minimum atomic E-state index is -3.70.